The SMILES string of the molecule is N#Cc1cc(Oc2ccc(Br)cc2Cl)ccc1N. The normalized spacial score (nSPS) is 9.83. The van der Waals surface area contributed by atoms with E-state index in [1.165, 1.54) is 0 Å². The number of anilines is 1. The molecule has 18 heavy (non-hydrogen) atoms. The van der Waals surface area contributed by atoms with Crippen molar-refractivity contribution in [1.82, 2.24) is 0 Å². The van der Waals surface area contributed by atoms with Gasteiger partial charge in [-0.3, -0.25) is 0 Å². The second-order valence-electron chi connectivity index (χ2n) is 3.54. The Hall–Kier alpha value is -1.70. The van der Waals surface area contributed by atoms with Crippen LogP contribution in [-0.4, -0.2) is 0 Å². The van der Waals surface area contributed by atoms with Gasteiger partial charge >= 0.3 is 0 Å². The Kier molecular flexibility index (Phi) is 3.75. The van der Waals surface area contributed by atoms with Crippen molar-refractivity contribution in [3.8, 4) is 17.6 Å². The molecule has 0 heterocycles. The Balaban J connectivity index is 2.32. The van der Waals surface area contributed by atoms with Crippen molar-refractivity contribution in [2.45, 2.75) is 0 Å². The number of rotatable bonds is 2. The number of nitriles is 1. The Morgan fingerprint density at radius 1 is 1.22 bits per heavy atom. The lowest BCUT2D eigenvalue weighted by molar-refractivity contribution is 0.483. The lowest BCUT2D eigenvalue weighted by atomic mass is 10.2. The van der Waals surface area contributed by atoms with E-state index in [1.807, 2.05) is 12.1 Å². The number of hydrogen-bond donors (Lipinski definition) is 1. The van der Waals surface area contributed by atoms with Crippen molar-refractivity contribution in [3.05, 3.63) is 51.5 Å². The molecule has 0 aliphatic rings. The topological polar surface area (TPSA) is 59.0 Å². The molecular weight excluding hydrogens is 316 g/mol. The molecule has 0 fully saturated rings. The number of halogens is 2. The molecular formula is C13H8BrClN2O. The molecule has 5 heteroatoms. The standard InChI is InChI=1S/C13H8BrClN2O/c14-9-1-4-13(11(15)6-9)18-10-2-3-12(17)8(5-10)7-16/h1-6H,17H2. The van der Waals surface area contributed by atoms with Gasteiger partial charge < -0.3 is 10.5 Å². The van der Waals surface area contributed by atoms with E-state index in [0.29, 0.717) is 27.8 Å². The monoisotopic (exact) mass is 322 g/mol. The molecule has 0 atom stereocenters. The summed E-state index contributed by atoms with van der Waals surface area (Å²) >= 11 is 9.35. The first-order valence-electron chi connectivity index (χ1n) is 5.02. The predicted octanol–water partition coefficient (Wildman–Crippen LogP) is 4.35. The number of ether oxygens (including phenoxy) is 1. The van der Waals surface area contributed by atoms with E-state index in [0.717, 1.165) is 4.47 Å². The van der Waals surface area contributed by atoms with E-state index >= 15 is 0 Å². The van der Waals surface area contributed by atoms with E-state index in [4.69, 9.17) is 27.3 Å². The van der Waals surface area contributed by atoms with Gasteiger partial charge in [0.1, 0.15) is 17.6 Å². The summed E-state index contributed by atoms with van der Waals surface area (Å²) in [6, 6.07) is 12.2. The lowest BCUT2D eigenvalue weighted by Crippen LogP contribution is -1.92. The van der Waals surface area contributed by atoms with Crippen molar-refractivity contribution < 1.29 is 4.74 Å². The van der Waals surface area contributed by atoms with Gasteiger partial charge in [0.05, 0.1) is 10.6 Å². The van der Waals surface area contributed by atoms with Crippen LogP contribution in [0.2, 0.25) is 5.02 Å². The van der Waals surface area contributed by atoms with E-state index in [-0.39, 0.29) is 0 Å². The molecule has 0 spiro atoms. The molecule has 0 bridgehead atoms. The van der Waals surface area contributed by atoms with Gasteiger partial charge in [0.15, 0.2) is 0 Å². The summed E-state index contributed by atoms with van der Waals surface area (Å²) in [4.78, 5) is 0. The van der Waals surface area contributed by atoms with Crippen molar-refractivity contribution in [3.63, 3.8) is 0 Å². The zero-order chi connectivity index (χ0) is 13.1. The Morgan fingerprint density at radius 3 is 2.67 bits per heavy atom. The molecule has 0 amide bonds. The molecule has 0 saturated heterocycles. The quantitative estimate of drug-likeness (QED) is 0.836. The van der Waals surface area contributed by atoms with Crippen LogP contribution in [0.3, 0.4) is 0 Å². The van der Waals surface area contributed by atoms with Gasteiger partial charge in [0, 0.05) is 16.2 Å². The summed E-state index contributed by atoms with van der Waals surface area (Å²) < 4.78 is 6.47. The first-order valence-corrected chi connectivity index (χ1v) is 6.20. The maximum absolute atomic E-state index is 8.88. The third-order valence-electron chi connectivity index (χ3n) is 2.27. The average molecular weight is 324 g/mol. The average Bonchev–Trinajstić information content (AvgIpc) is 2.35. The van der Waals surface area contributed by atoms with Crippen LogP contribution in [-0.2, 0) is 0 Å². The molecule has 3 nitrogen and oxygen atoms in total. The lowest BCUT2D eigenvalue weighted by Gasteiger charge is -2.08. The molecule has 0 aliphatic carbocycles. The zero-order valence-electron chi connectivity index (χ0n) is 9.15. The minimum Gasteiger partial charge on any atom is -0.456 e. The fourth-order valence-corrected chi connectivity index (χ4v) is 2.09. The molecule has 0 saturated carbocycles. The fraction of sp³-hybridized carbons (Fsp3) is 0. The van der Waals surface area contributed by atoms with Crippen LogP contribution in [0.5, 0.6) is 11.5 Å². The highest BCUT2D eigenvalue weighted by Gasteiger charge is 2.06. The first kappa shape index (κ1) is 12.7. The number of nitrogens with two attached hydrogens (primary N) is 1. The highest BCUT2D eigenvalue weighted by molar-refractivity contribution is 9.10. The molecule has 0 aliphatic heterocycles. The van der Waals surface area contributed by atoms with Gasteiger partial charge in [-0.05, 0) is 30.3 Å². The van der Waals surface area contributed by atoms with Gasteiger partial charge in [-0.1, -0.05) is 27.5 Å². The minimum absolute atomic E-state index is 0.376. The number of nitrogen functional groups attached to an aromatic ring is 1. The molecule has 0 radical (unpaired) electrons. The predicted molar refractivity (Wildman–Crippen MR) is 74.8 cm³/mol. The highest BCUT2D eigenvalue weighted by Crippen LogP contribution is 2.32. The van der Waals surface area contributed by atoms with Crippen LogP contribution >= 0.6 is 27.5 Å². The summed E-state index contributed by atoms with van der Waals surface area (Å²) in [5, 5.41) is 9.37. The van der Waals surface area contributed by atoms with Gasteiger partial charge in [0.2, 0.25) is 0 Å². The largest absolute Gasteiger partial charge is 0.456 e. The summed E-state index contributed by atoms with van der Waals surface area (Å²) in [6.45, 7) is 0. The second-order valence-corrected chi connectivity index (χ2v) is 4.86. The molecule has 0 unspecified atom stereocenters. The molecule has 2 rings (SSSR count). The van der Waals surface area contributed by atoms with E-state index in [9.17, 15) is 0 Å². The van der Waals surface area contributed by atoms with E-state index in [2.05, 4.69) is 15.9 Å². The number of benzene rings is 2. The van der Waals surface area contributed by atoms with Gasteiger partial charge in [-0.25, -0.2) is 0 Å². The summed E-state index contributed by atoms with van der Waals surface area (Å²) in [6.07, 6.45) is 0. The smallest absolute Gasteiger partial charge is 0.146 e. The maximum atomic E-state index is 8.88. The van der Waals surface area contributed by atoms with Crippen LogP contribution in [0, 0.1) is 11.3 Å². The zero-order valence-corrected chi connectivity index (χ0v) is 11.5. The molecule has 0 aromatic heterocycles. The first-order chi connectivity index (χ1) is 8.60. The van der Waals surface area contributed by atoms with Gasteiger partial charge in [-0.2, -0.15) is 5.26 Å². The number of nitrogens with zero attached hydrogens (tertiary/aromatic N) is 1. The van der Waals surface area contributed by atoms with Crippen molar-refractivity contribution >= 4 is 33.2 Å². The van der Waals surface area contributed by atoms with Crippen molar-refractivity contribution in [2.75, 3.05) is 5.73 Å². The maximum Gasteiger partial charge on any atom is 0.146 e. The van der Waals surface area contributed by atoms with Gasteiger partial charge in [-0.15, -0.1) is 0 Å². The van der Waals surface area contributed by atoms with E-state index in [1.54, 1.807) is 30.3 Å². The van der Waals surface area contributed by atoms with Crippen LogP contribution < -0.4 is 10.5 Å². The third-order valence-corrected chi connectivity index (χ3v) is 3.06. The number of hydrogen-bond acceptors (Lipinski definition) is 3. The Morgan fingerprint density at radius 2 is 2.00 bits per heavy atom. The van der Waals surface area contributed by atoms with E-state index < -0.39 is 0 Å². The summed E-state index contributed by atoms with van der Waals surface area (Å²) in [5.41, 5.74) is 6.43. The summed E-state index contributed by atoms with van der Waals surface area (Å²) in [7, 11) is 0. The molecule has 2 aromatic rings. The summed E-state index contributed by atoms with van der Waals surface area (Å²) in [5.74, 6) is 1.04. The van der Waals surface area contributed by atoms with Crippen molar-refractivity contribution in [2.24, 2.45) is 0 Å². The van der Waals surface area contributed by atoms with Crippen molar-refractivity contribution in [1.29, 1.82) is 5.26 Å². The van der Waals surface area contributed by atoms with Crippen LogP contribution in [0.1, 0.15) is 5.56 Å². The molecule has 2 aromatic carbocycles. The van der Waals surface area contributed by atoms with Crippen LogP contribution in [0.25, 0.3) is 0 Å². The Bertz CT molecular complexity index is 637. The van der Waals surface area contributed by atoms with Crippen LogP contribution in [0.15, 0.2) is 40.9 Å². The highest BCUT2D eigenvalue weighted by atomic mass is 79.9. The second kappa shape index (κ2) is 5.30. The van der Waals surface area contributed by atoms with Crippen LogP contribution in [0.4, 0.5) is 5.69 Å². The molecule has 90 valence electrons. The Labute approximate surface area is 118 Å². The fourth-order valence-electron chi connectivity index (χ4n) is 1.38. The van der Waals surface area contributed by atoms with Gasteiger partial charge in [0.25, 0.3) is 0 Å². The third kappa shape index (κ3) is 2.76. The minimum atomic E-state index is 0.376. The molecule has 2 N–H and O–H groups in total.